The Hall–Kier alpha value is -2.02. The summed E-state index contributed by atoms with van der Waals surface area (Å²) in [5, 5.41) is 17.0. The second-order valence-corrected chi connectivity index (χ2v) is 4.70. The molecule has 2 atom stereocenters. The lowest BCUT2D eigenvalue weighted by Crippen LogP contribution is -2.39. The SMILES string of the molecule is NN=NC(C(=O)N1CCCC1)C(O)c1ccc(F)cc1. The lowest BCUT2D eigenvalue weighted by Gasteiger charge is -2.23. The van der Waals surface area contributed by atoms with Crippen LogP contribution in [0.15, 0.2) is 34.6 Å². The minimum absolute atomic E-state index is 0.312. The van der Waals surface area contributed by atoms with Gasteiger partial charge >= 0.3 is 0 Å². The Morgan fingerprint density at radius 2 is 1.90 bits per heavy atom. The number of amides is 1. The first-order chi connectivity index (χ1) is 9.63. The van der Waals surface area contributed by atoms with Gasteiger partial charge in [-0.15, -0.1) is 0 Å². The van der Waals surface area contributed by atoms with E-state index in [0.29, 0.717) is 18.7 Å². The summed E-state index contributed by atoms with van der Waals surface area (Å²) in [5.41, 5.74) is 0.399. The van der Waals surface area contributed by atoms with Crippen molar-refractivity contribution < 1.29 is 14.3 Å². The summed E-state index contributed by atoms with van der Waals surface area (Å²) in [4.78, 5) is 13.9. The first-order valence-electron chi connectivity index (χ1n) is 6.46. The molecular formula is C13H17FN4O2. The maximum Gasteiger partial charge on any atom is 0.252 e. The summed E-state index contributed by atoms with van der Waals surface area (Å²) in [6.07, 6.45) is 0.673. The van der Waals surface area contributed by atoms with E-state index >= 15 is 0 Å². The number of nitrogens with two attached hydrogens (primary N) is 1. The molecule has 0 radical (unpaired) electrons. The normalized spacial score (nSPS) is 18.4. The summed E-state index contributed by atoms with van der Waals surface area (Å²) < 4.78 is 12.9. The number of rotatable bonds is 4. The Balaban J connectivity index is 2.18. The van der Waals surface area contributed by atoms with Gasteiger partial charge < -0.3 is 15.8 Å². The molecule has 2 unspecified atom stereocenters. The molecular weight excluding hydrogens is 263 g/mol. The Labute approximate surface area is 116 Å². The Bertz CT molecular complexity index is 486. The zero-order valence-electron chi connectivity index (χ0n) is 10.9. The number of halogens is 1. The maximum absolute atomic E-state index is 12.9. The minimum atomic E-state index is -1.20. The topological polar surface area (TPSA) is 91.3 Å². The van der Waals surface area contributed by atoms with Gasteiger partial charge in [0.2, 0.25) is 0 Å². The van der Waals surface area contributed by atoms with Crippen LogP contribution in [0.1, 0.15) is 24.5 Å². The molecule has 6 nitrogen and oxygen atoms in total. The van der Waals surface area contributed by atoms with E-state index < -0.39 is 18.0 Å². The number of hydrogen-bond donors (Lipinski definition) is 2. The average molecular weight is 280 g/mol. The molecule has 3 N–H and O–H groups in total. The molecule has 7 heteroatoms. The van der Waals surface area contributed by atoms with Crippen LogP contribution in [-0.2, 0) is 4.79 Å². The van der Waals surface area contributed by atoms with Crippen LogP contribution in [0.25, 0.3) is 0 Å². The fourth-order valence-corrected chi connectivity index (χ4v) is 2.29. The second kappa shape index (κ2) is 6.42. The summed E-state index contributed by atoms with van der Waals surface area (Å²) in [6, 6.07) is 4.17. The van der Waals surface area contributed by atoms with E-state index in [1.165, 1.54) is 24.3 Å². The van der Waals surface area contributed by atoms with Gasteiger partial charge in [-0.05, 0) is 30.5 Å². The highest BCUT2D eigenvalue weighted by molar-refractivity contribution is 5.83. The molecule has 1 saturated heterocycles. The Morgan fingerprint density at radius 3 is 2.45 bits per heavy atom. The average Bonchev–Trinajstić information content (AvgIpc) is 2.98. The first-order valence-corrected chi connectivity index (χ1v) is 6.46. The van der Waals surface area contributed by atoms with Gasteiger partial charge in [0.15, 0.2) is 6.04 Å². The van der Waals surface area contributed by atoms with Crippen molar-refractivity contribution in [3.63, 3.8) is 0 Å². The second-order valence-electron chi connectivity index (χ2n) is 4.70. The van der Waals surface area contributed by atoms with Crippen molar-refractivity contribution in [3.05, 3.63) is 35.6 Å². The largest absolute Gasteiger partial charge is 0.386 e. The number of likely N-dealkylation sites (tertiary alicyclic amines) is 1. The van der Waals surface area contributed by atoms with Gasteiger partial charge in [0.1, 0.15) is 11.9 Å². The summed E-state index contributed by atoms with van der Waals surface area (Å²) >= 11 is 0. The Morgan fingerprint density at radius 1 is 1.30 bits per heavy atom. The number of benzene rings is 1. The van der Waals surface area contributed by atoms with E-state index in [1.807, 2.05) is 0 Å². The highest BCUT2D eigenvalue weighted by atomic mass is 19.1. The lowest BCUT2D eigenvalue weighted by atomic mass is 10.0. The van der Waals surface area contributed by atoms with E-state index in [0.717, 1.165) is 12.8 Å². The number of aliphatic hydroxyl groups is 1. The third-order valence-corrected chi connectivity index (χ3v) is 3.37. The van der Waals surface area contributed by atoms with Gasteiger partial charge in [0.05, 0.1) is 0 Å². The lowest BCUT2D eigenvalue weighted by molar-refractivity contribution is -0.134. The predicted octanol–water partition coefficient (Wildman–Crippen LogP) is 1.18. The van der Waals surface area contributed by atoms with Crippen molar-refractivity contribution in [3.8, 4) is 0 Å². The van der Waals surface area contributed by atoms with Gasteiger partial charge in [-0.1, -0.05) is 17.4 Å². The number of carbonyl (C=O) groups is 1. The first kappa shape index (κ1) is 14.4. The van der Waals surface area contributed by atoms with Crippen LogP contribution in [0.3, 0.4) is 0 Å². The number of hydrogen-bond acceptors (Lipinski definition) is 4. The molecule has 1 aliphatic rings. The zero-order chi connectivity index (χ0) is 14.5. The molecule has 0 aliphatic carbocycles. The summed E-state index contributed by atoms with van der Waals surface area (Å²) in [6.45, 7) is 1.29. The van der Waals surface area contributed by atoms with E-state index in [9.17, 15) is 14.3 Å². The van der Waals surface area contributed by atoms with Crippen molar-refractivity contribution in [1.29, 1.82) is 0 Å². The van der Waals surface area contributed by atoms with Gasteiger partial charge in [-0.3, -0.25) is 4.79 Å². The molecule has 1 aliphatic heterocycles. The summed E-state index contributed by atoms with van der Waals surface area (Å²) in [5.74, 6) is 4.30. The van der Waals surface area contributed by atoms with Crippen LogP contribution < -0.4 is 5.84 Å². The molecule has 1 heterocycles. The molecule has 0 saturated carbocycles. The summed E-state index contributed by atoms with van der Waals surface area (Å²) in [7, 11) is 0. The van der Waals surface area contributed by atoms with Crippen molar-refractivity contribution in [1.82, 2.24) is 4.90 Å². The van der Waals surface area contributed by atoms with Crippen molar-refractivity contribution in [2.75, 3.05) is 13.1 Å². The van der Waals surface area contributed by atoms with Crippen LogP contribution in [0.2, 0.25) is 0 Å². The fourth-order valence-electron chi connectivity index (χ4n) is 2.29. The molecule has 0 bridgehead atoms. The van der Waals surface area contributed by atoms with Crippen LogP contribution in [0.4, 0.5) is 4.39 Å². The number of carbonyl (C=O) groups excluding carboxylic acids is 1. The number of nitrogens with zero attached hydrogens (tertiary/aromatic N) is 3. The third-order valence-electron chi connectivity index (χ3n) is 3.37. The molecule has 108 valence electrons. The molecule has 1 amide bonds. The molecule has 0 aromatic heterocycles. The third kappa shape index (κ3) is 3.11. The van der Waals surface area contributed by atoms with E-state index in [4.69, 9.17) is 5.84 Å². The van der Waals surface area contributed by atoms with Crippen molar-refractivity contribution >= 4 is 5.91 Å². The molecule has 1 fully saturated rings. The van der Waals surface area contributed by atoms with Crippen LogP contribution in [0, 0.1) is 5.82 Å². The van der Waals surface area contributed by atoms with Gasteiger partial charge in [-0.2, -0.15) is 5.11 Å². The predicted molar refractivity (Wildman–Crippen MR) is 70.0 cm³/mol. The van der Waals surface area contributed by atoms with Crippen LogP contribution >= 0.6 is 0 Å². The van der Waals surface area contributed by atoms with Gasteiger partial charge in [0.25, 0.3) is 5.91 Å². The molecule has 1 aromatic rings. The molecule has 0 spiro atoms. The standard InChI is InChI=1S/C13H17FN4O2/c14-10-5-3-9(4-6-10)12(19)11(16-17-15)13(20)18-7-1-2-8-18/h3-6,11-12,19H,1-2,7-8H2,(H2,15,16). The monoisotopic (exact) mass is 280 g/mol. The smallest absolute Gasteiger partial charge is 0.252 e. The van der Waals surface area contributed by atoms with E-state index in [-0.39, 0.29) is 5.91 Å². The Kier molecular flexibility index (Phi) is 4.62. The van der Waals surface area contributed by atoms with Crippen molar-refractivity contribution in [2.45, 2.75) is 25.0 Å². The van der Waals surface area contributed by atoms with Crippen LogP contribution in [-0.4, -0.2) is 35.0 Å². The molecule has 1 aromatic carbocycles. The van der Waals surface area contributed by atoms with Crippen LogP contribution in [0.5, 0.6) is 0 Å². The minimum Gasteiger partial charge on any atom is -0.386 e. The highest BCUT2D eigenvalue weighted by Gasteiger charge is 2.33. The van der Waals surface area contributed by atoms with Gasteiger partial charge in [0, 0.05) is 13.1 Å². The quantitative estimate of drug-likeness (QED) is 0.493. The maximum atomic E-state index is 12.9. The van der Waals surface area contributed by atoms with Crippen molar-refractivity contribution in [2.24, 2.45) is 16.2 Å². The highest BCUT2D eigenvalue weighted by Crippen LogP contribution is 2.23. The fraction of sp³-hybridized carbons (Fsp3) is 0.462. The van der Waals surface area contributed by atoms with E-state index in [1.54, 1.807) is 4.90 Å². The van der Waals surface area contributed by atoms with Gasteiger partial charge in [-0.25, -0.2) is 4.39 Å². The zero-order valence-corrected chi connectivity index (χ0v) is 10.9. The molecule has 20 heavy (non-hydrogen) atoms. The number of aliphatic hydroxyl groups excluding tert-OH is 1. The molecule has 2 rings (SSSR count). The van der Waals surface area contributed by atoms with E-state index in [2.05, 4.69) is 10.3 Å².